The summed E-state index contributed by atoms with van der Waals surface area (Å²) in [7, 11) is 0. The van der Waals surface area contributed by atoms with Crippen molar-refractivity contribution >= 4 is 5.91 Å². The van der Waals surface area contributed by atoms with Gasteiger partial charge >= 0.3 is 0 Å². The molecule has 1 saturated carbocycles. The maximum atomic E-state index is 12.4. The van der Waals surface area contributed by atoms with Gasteiger partial charge in [0.25, 0.3) is 0 Å². The third-order valence-corrected chi connectivity index (χ3v) is 5.41. The molecule has 2 saturated heterocycles. The fourth-order valence-electron chi connectivity index (χ4n) is 4.03. The van der Waals surface area contributed by atoms with Crippen LogP contribution in [0.2, 0.25) is 0 Å². The van der Waals surface area contributed by atoms with Gasteiger partial charge in [0.15, 0.2) is 0 Å². The number of hydrogen-bond acceptors (Lipinski definition) is 4. The molecule has 2 aliphatic heterocycles. The minimum Gasteiger partial charge on any atom is -0.379 e. The Balaban J connectivity index is 1.42. The molecule has 3 atom stereocenters. The first-order chi connectivity index (χ1) is 10.2. The zero-order chi connectivity index (χ0) is 14.7. The smallest absolute Gasteiger partial charge is 0.222 e. The standard InChI is InChI=1S/C16H29N3O2/c17-15-3-1-2-14(15)10-16(20)19-5-4-13(12-19)11-18-6-8-21-9-7-18/h13-15H,1-12,17H2/t13?,14-,15+/m0/s1. The second-order valence-electron chi connectivity index (χ2n) is 6.97. The van der Waals surface area contributed by atoms with Gasteiger partial charge < -0.3 is 15.4 Å². The molecule has 1 amide bonds. The highest BCUT2D eigenvalue weighted by Crippen LogP contribution is 2.28. The molecule has 120 valence electrons. The average molecular weight is 295 g/mol. The van der Waals surface area contributed by atoms with Crippen molar-refractivity contribution in [1.82, 2.24) is 9.80 Å². The van der Waals surface area contributed by atoms with Crippen LogP contribution in [0.25, 0.3) is 0 Å². The Morgan fingerprint density at radius 2 is 1.95 bits per heavy atom. The van der Waals surface area contributed by atoms with Gasteiger partial charge in [-0.25, -0.2) is 0 Å². The van der Waals surface area contributed by atoms with Gasteiger partial charge in [0.2, 0.25) is 5.91 Å². The zero-order valence-electron chi connectivity index (χ0n) is 13.0. The SMILES string of the molecule is N[C@@H]1CCC[C@H]1CC(=O)N1CCC(CN2CCOCC2)C1. The predicted molar refractivity (Wildman–Crippen MR) is 81.9 cm³/mol. The highest BCUT2D eigenvalue weighted by atomic mass is 16.5. The molecule has 5 heteroatoms. The Hall–Kier alpha value is -0.650. The minimum atomic E-state index is 0.251. The third-order valence-electron chi connectivity index (χ3n) is 5.41. The first-order valence-electron chi connectivity index (χ1n) is 8.56. The molecule has 0 aromatic carbocycles. The molecule has 0 radical (unpaired) electrons. The molecule has 1 unspecified atom stereocenters. The molecule has 0 spiro atoms. The molecule has 3 fully saturated rings. The zero-order valence-corrected chi connectivity index (χ0v) is 13.0. The number of ether oxygens (including phenoxy) is 1. The van der Waals surface area contributed by atoms with Gasteiger partial charge in [0.05, 0.1) is 13.2 Å². The van der Waals surface area contributed by atoms with Gasteiger partial charge in [-0.05, 0) is 31.1 Å². The first kappa shape index (κ1) is 15.3. The quantitative estimate of drug-likeness (QED) is 0.829. The lowest BCUT2D eigenvalue weighted by Crippen LogP contribution is -2.40. The molecule has 1 aliphatic carbocycles. The monoisotopic (exact) mass is 295 g/mol. The number of rotatable bonds is 4. The summed E-state index contributed by atoms with van der Waals surface area (Å²) in [5.41, 5.74) is 6.09. The van der Waals surface area contributed by atoms with Crippen LogP contribution in [0, 0.1) is 11.8 Å². The molecule has 0 aromatic rings. The number of likely N-dealkylation sites (tertiary alicyclic amines) is 1. The number of nitrogens with two attached hydrogens (primary N) is 1. The van der Waals surface area contributed by atoms with Gasteiger partial charge in [-0.3, -0.25) is 9.69 Å². The Labute approximate surface area is 127 Å². The maximum Gasteiger partial charge on any atom is 0.222 e. The molecular weight excluding hydrogens is 266 g/mol. The van der Waals surface area contributed by atoms with Crippen LogP contribution in [-0.4, -0.2) is 67.7 Å². The predicted octanol–water partition coefficient (Wildman–Crippen LogP) is 0.685. The number of morpholine rings is 1. The summed E-state index contributed by atoms with van der Waals surface area (Å²) in [6.45, 7) is 6.80. The molecule has 5 nitrogen and oxygen atoms in total. The summed E-state index contributed by atoms with van der Waals surface area (Å²) >= 11 is 0. The summed E-state index contributed by atoms with van der Waals surface area (Å²) < 4.78 is 5.39. The highest BCUT2D eigenvalue weighted by molar-refractivity contribution is 5.76. The van der Waals surface area contributed by atoms with Crippen molar-refractivity contribution in [2.24, 2.45) is 17.6 Å². The lowest BCUT2D eigenvalue weighted by Gasteiger charge is -2.29. The van der Waals surface area contributed by atoms with Crippen LogP contribution < -0.4 is 5.73 Å². The maximum absolute atomic E-state index is 12.4. The molecule has 2 heterocycles. The summed E-state index contributed by atoms with van der Waals surface area (Å²) in [5.74, 6) is 1.40. The fraction of sp³-hybridized carbons (Fsp3) is 0.938. The summed E-state index contributed by atoms with van der Waals surface area (Å²) in [5, 5.41) is 0. The van der Waals surface area contributed by atoms with Gasteiger partial charge in [-0.15, -0.1) is 0 Å². The number of nitrogens with zero attached hydrogens (tertiary/aromatic N) is 2. The summed E-state index contributed by atoms with van der Waals surface area (Å²) in [4.78, 5) is 17.0. The number of hydrogen-bond donors (Lipinski definition) is 1. The van der Waals surface area contributed by atoms with Crippen molar-refractivity contribution in [3.05, 3.63) is 0 Å². The normalized spacial score (nSPS) is 34.5. The van der Waals surface area contributed by atoms with E-state index in [1.807, 2.05) is 0 Å². The van der Waals surface area contributed by atoms with E-state index in [-0.39, 0.29) is 6.04 Å². The lowest BCUT2D eigenvalue weighted by atomic mass is 9.99. The Morgan fingerprint density at radius 1 is 1.14 bits per heavy atom. The van der Waals surface area contributed by atoms with Crippen LogP contribution in [0.5, 0.6) is 0 Å². The van der Waals surface area contributed by atoms with E-state index in [1.165, 1.54) is 6.42 Å². The summed E-state index contributed by atoms with van der Waals surface area (Å²) in [6, 6.07) is 0.251. The molecule has 3 aliphatic rings. The van der Waals surface area contributed by atoms with Crippen LogP contribution in [-0.2, 0) is 9.53 Å². The van der Waals surface area contributed by atoms with Gasteiger partial charge in [-0.2, -0.15) is 0 Å². The van der Waals surface area contributed by atoms with E-state index >= 15 is 0 Å². The van der Waals surface area contributed by atoms with Crippen LogP contribution in [0.4, 0.5) is 0 Å². The molecule has 2 N–H and O–H groups in total. The summed E-state index contributed by atoms with van der Waals surface area (Å²) in [6.07, 6.45) is 5.25. The third kappa shape index (κ3) is 3.96. The van der Waals surface area contributed by atoms with E-state index in [4.69, 9.17) is 10.5 Å². The molecule has 0 aromatic heterocycles. The van der Waals surface area contributed by atoms with Crippen molar-refractivity contribution in [3.63, 3.8) is 0 Å². The number of amides is 1. The second-order valence-corrected chi connectivity index (χ2v) is 6.97. The van der Waals surface area contributed by atoms with Crippen LogP contribution in [0.15, 0.2) is 0 Å². The van der Waals surface area contributed by atoms with Crippen LogP contribution in [0.1, 0.15) is 32.1 Å². The van der Waals surface area contributed by atoms with E-state index in [9.17, 15) is 4.79 Å². The molecule has 3 rings (SSSR count). The van der Waals surface area contributed by atoms with E-state index in [0.717, 1.165) is 65.2 Å². The highest BCUT2D eigenvalue weighted by Gasteiger charge is 2.32. The largest absolute Gasteiger partial charge is 0.379 e. The van der Waals surface area contributed by atoms with E-state index in [1.54, 1.807) is 0 Å². The molecule has 21 heavy (non-hydrogen) atoms. The minimum absolute atomic E-state index is 0.251. The van der Waals surface area contributed by atoms with E-state index < -0.39 is 0 Å². The van der Waals surface area contributed by atoms with Crippen molar-refractivity contribution in [2.75, 3.05) is 45.9 Å². The van der Waals surface area contributed by atoms with Crippen molar-refractivity contribution in [3.8, 4) is 0 Å². The average Bonchev–Trinajstić information content (AvgIpc) is 3.10. The van der Waals surface area contributed by atoms with Gasteiger partial charge in [-0.1, -0.05) is 6.42 Å². The topological polar surface area (TPSA) is 58.8 Å². The second kappa shape index (κ2) is 7.07. The first-order valence-corrected chi connectivity index (χ1v) is 8.56. The van der Waals surface area contributed by atoms with Crippen LogP contribution in [0.3, 0.4) is 0 Å². The Morgan fingerprint density at radius 3 is 2.67 bits per heavy atom. The van der Waals surface area contributed by atoms with E-state index in [0.29, 0.717) is 24.2 Å². The van der Waals surface area contributed by atoms with Gasteiger partial charge in [0.1, 0.15) is 0 Å². The van der Waals surface area contributed by atoms with Crippen LogP contribution >= 0.6 is 0 Å². The number of carbonyl (C=O) groups excluding carboxylic acids is 1. The molecular formula is C16H29N3O2. The number of carbonyl (C=O) groups is 1. The molecule has 0 bridgehead atoms. The van der Waals surface area contributed by atoms with Gasteiger partial charge in [0, 0.05) is 45.2 Å². The van der Waals surface area contributed by atoms with Crippen molar-refractivity contribution in [2.45, 2.75) is 38.1 Å². The Kier molecular flexibility index (Phi) is 5.14. The van der Waals surface area contributed by atoms with E-state index in [2.05, 4.69) is 9.80 Å². The van der Waals surface area contributed by atoms with Crippen molar-refractivity contribution in [1.29, 1.82) is 0 Å². The van der Waals surface area contributed by atoms with Crippen molar-refractivity contribution < 1.29 is 9.53 Å². The Bertz CT molecular complexity index is 357. The fourth-order valence-corrected chi connectivity index (χ4v) is 4.03. The lowest BCUT2D eigenvalue weighted by molar-refractivity contribution is -0.131.